The average molecular weight is 148 g/mol. The van der Waals surface area contributed by atoms with Crippen LogP contribution in [0, 0.1) is 5.92 Å². The van der Waals surface area contributed by atoms with E-state index < -0.39 is 6.17 Å². The van der Waals surface area contributed by atoms with Crippen molar-refractivity contribution in [2.75, 3.05) is 13.2 Å². The van der Waals surface area contributed by atoms with Crippen molar-refractivity contribution in [3.63, 3.8) is 0 Å². The third-order valence-corrected chi connectivity index (χ3v) is 1.54. The Morgan fingerprint density at radius 2 is 2.00 bits per heavy atom. The molecule has 1 nitrogen and oxygen atoms in total. The van der Waals surface area contributed by atoms with E-state index in [0.717, 1.165) is 0 Å². The Hall–Kier alpha value is -0.110. The Balaban J connectivity index is 0.000000371. The van der Waals surface area contributed by atoms with Gasteiger partial charge in [0.15, 0.2) is 0 Å². The number of rotatable bonds is 0. The van der Waals surface area contributed by atoms with E-state index in [1.54, 1.807) is 0 Å². The minimum Gasteiger partial charge on any atom is -0.381 e. The van der Waals surface area contributed by atoms with Crippen molar-refractivity contribution in [1.29, 1.82) is 0 Å². The maximum absolute atomic E-state index is 12.5. The van der Waals surface area contributed by atoms with E-state index in [9.17, 15) is 4.39 Å². The smallest absolute Gasteiger partial charge is 0.107 e. The predicted octanol–water partition coefficient (Wildman–Crippen LogP) is 2.41. The van der Waals surface area contributed by atoms with Crippen LogP contribution >= 0.6 is 0 Å². The Morgan fingerprint density at radius 3 is 2.30 bits per heavy atom. The highest BCUT2D eigenvalue weighted by atomic mass is 19.1. The fraction of sp³-hybridized carbons (Fsp3) is 1.00. The van der Waals surface area contributed by atoms with E-state index in [1.165, 1.54) is 0 Å². The van der Waals surface area contributed by atoms with Gasteiger partial charge in [-0.1, -0.05) is 20.8 Å². The van der Waals surface area contributed by atoms with E-state index in [0.29, 0.717) is 19.6 Å². The average Bonchev–Trinajstić information content (AvgIpc) is 2.00. The van der Waals surface area contributed by atoms with Gasteiger partial charge >= 0.3 is 0 Å². The van der Waals surface area contributed by atoms with E-state index in [-0.39, 0.29) is 5.92 Å². The molecule has 0 amide bonds. The molecule has 0 radical (unpaired) electrons. The fourth-order valence-electron chi connectivity index (χ4n) is 0.854. The Morgan fingerprint density at radius 1 is 1.40 bits per heavy atom. The van der Waals surface area contributed by atoms with Crippen LogP contribution in [0.3, 0.4) is 0 Å². The summed E-state index contributed by atoms with van der Waals surface area (Å²) in [6.07, 6.45) is -0.0370. The summed E-state index contributed by atoms with van der Waals surface area (Å²) < 4.78 is 17.5. The summed E-state index contributed by atoms with van der Waals surface area (Å²) in [7, 11) is 0. The summed E-state index contributed by atoms with van der Waals surface area (Å²) in [6.45, 7) is 7.08. The molecule has 10 heavy (non-hydrogen) atoms. The van der Waals surface area contributed by atoms with E-state index in [4.69, 9.17) is 4.74 Å². The van der Waals surface area contributed by atoms with Gasteiger partial charge in [-0.2, -0.15) is 0 Å². The maximum atomic E-state index is 12.5. The number of hydrogen-bond acceptors (Lipinski definition) is 1. The zero-order chi connectivity index (χ0) is 7.98. The molecular weight excluding hydrogens is 131 g/mol. The standard InChI is InChI=1S/C6H11FO.C2H6/c1-5-4-8-3-2-6(5)7;1-2/h5-6H,2-4H2,1H3;1-2H3/t5-,6?;/m0./s1. The maximum Gasteiger partial charge on any atom is 0.107 e. The van der Waals surface area contributed by atoms with Gasteiger partial charge in [-0.05, 0) is 0 Å². The monoisotopic (exact) mass is 148 g/mol. The second-order valence-electron chi connectivity index (χ2n) is 2.36. The first-order chi connectivity index (χ1) is 4.80. The Labute approximate surface area is 62.6 Å². The summed E-state index contributed by atoms with van der Waals surface area (Å²) in [5.74, 6) is 0.115. The molecule has 2 atom stereocenters. The summed E-state index contributed by atoms with van der Waals surface area (Å²) in [5, 5.41) is 0. The Kier molecular flexibility index (Phi) is 5.60. The SMILES string of the molecule is CC.C[C@H]1COCCC1F. The van der Waals surface area contributed by atoms with Gasteiger partial charge in [-0.25, -0.2) is 4.39 Å². The van der Waals surface area contributed by atoms with Crippen LogP contribution in [-0.4, -0.2) is 19.4 Å². The molecule has 1 rings (SSSR count). The van der Waals surface area contributed by atoms with Gasteiger partial charge in [0.2, 0.25) is 0 Å². The number of alkyl halides is 1. The molecule has 1 unspecified atom stereocenters. The van der Waals surface area contributed by atoms with Crippen LogP contribution in [-0.2, 0) is 4.74 Å². The van der Waals surface area contributed by atoms with Crippen LogP contribution in [0.2, 0.25) is 0 Å². The minimum atomic E-state index is -0.622. The van der Waals surface area contributed by atoms with Crippen LogP contribution in [0.25, 0.3) is 0 Å². The first-order valence-corrected chi connectivity index (χ1v) is 4.02. The molecule has 0 bridgehead atoms. The van der Waals surface area contributed by atoms with Gasteiger partial charge in [0.05, 0.1) is 6.61 Å². The van der Waals surface area contributed by atoms with Crippen LogP contribution in [0.4, 0.5) is 4.39 Å². The highest BCUT2D eigenvalue weighted by molar-refractivity contribution is 4.67. The van der Waals surface area contributed by atoms with Crippen LogP contribution in [0.5, 0.6) is 0 Å². The third-order valence-electron chi connectivity index (χ3n) is 1.54. The van der Waals surface area contributed by atoms with Crippen molar-refractivity contribution in [2.24, 2.45) is 5.92 Å². The molecule has 0 saturated carbocycles. The second kappa shape index (κ2) is 5.66. The van der Waals surface area contributed by atoms with Crippen molar-refractivity contribution in [3.05, 3.63) is 0 Å². The molecule has 0 spiro atoms. The first kappa shape index (κ1) is 9.89. The van der Waals surface area contributed by atoms with E-state index in [2.05, 4.69) is 0 Å². The highest BCUT2D eigenvalue weighted by Crippen LogP contribution is 2.16. The van der Waals surface area contributed by atoms with Crippen molar-refractivity contribution < 1.29 is 9.13 Å². The quantitative estimate of drug-likeness (QED) is 0.512. The lowest BCUT2D eigenvalue weighted by atomic mass is 10.0. The van der Waals surface area contributed by atoms with Gasteiger partial charge in [-0.3, -0.25) is 0 Å². The van der Waals surface area contributed by atoms with E-state index in [1.807, 2.05) is 20.8 Å². The molecule has 0 aliphatic carbocycles. The minimum absolute atomic E-state index is 0.115. The van der Waals surface area contributed by atoms with Crippen LogP contribution in [0.1, 0.15) is 27.2 Å². The topological polar surface area (TPSA) is 9.23 Å². The molecule has 1 aliphatic heterocycles. The zero-order valence-electron chi connectivity index (χ0n) is 7.06. The van der Waals surface area contributed by atoms with Gasteiger partial charge in [-0.15, -0.1) is 0 Å². The lowest BCUT2D eigenvalue weighted by Crippen LogP contribution is -2.25. The number of halogens is 1. The molecule has 0 N–H and O–H groups in total. The van der Waals surface area contributed by atoms with E-state index >= 15 is 0 Å². The molecule has 0 aromatic rings. The van der Waals surface area contributed by atoms with Gasteiger partial charge < -0.3 is 4.74 Å². The van der Waals surface area contributed by atoms with Crippen LogP contribution in [0.15, 0.2) is 0 Å². The normalized spacial score (nSPS) is 32.4. The first-order valence-electron chi connectivity index (χ1n) is 4.02. The molecule has 1 fully saturated rings. The predicted molar refractivity (Wildman–Crippen MR) is 40.8 cm³/mol. The second-order valence-corrected chi connectivity index (χ2v) is 2.36. The summed E-state index contributed by atoms with van der Waals surface area (Å²) >= 11 is 0. The van der Waals surface area contributed by atoms with Gasteiger partial charge in [0, 0.05) is 18.9 Å². The fourth-order valence-corrected chi connectivity index (χ4v) is 0.854. The summed E-state index contributed by atoms with van der Waals surface area (Å²) in [4.78, 5) is 0. The lowest BCUT2D eigenvalue weighted by molar-refractivity contribution is 0.00933. The Bertz CT molecular complexity index is 65.7. The van der Waals surface area contributed by atoms with Gasteiger partial charge in [0.1, 0.15) is 6.17 Å². The molecular formula is C8H17FO. The van der Waals surface area contributed by atoms with Crippen molar-refractivity contribution >= 4 is 0 Å². The molecule has 0 aromatic heterocycles. The van der Waals surface area contributed by atoms with Crippen molar-refractivity contribution in [2.45, 2.75) is 33.4 Å². The number of ether oxygens (including phenoxy) is 1. The largest absolute Gasteiger partial charge is 0.381 e. The van der Waals surface area contributed by atoms with Crippen LogP contribution < -0.4 is 0 Å². The molecule has 0 aromatic carbocycles. The summed E-state index contributed by atoms with van der Waals surface area (Å²) in [6, 6.07) is 0. The van der Waals surface area contributed by atoms with Crippen molar-refractivity contribution in [3.8, 4) is 0 Å². The molecule has 1 saturated heterocycles. The molecule has 62 valence electrons. The molecule has 1 aliphatic rings. The third kappa shape index (κ3) is 3.16. The summed E-state index contributed by atoms with van der Waals surface area (Å²) in [5.41, 5.74) is 0. The molecule has 1 heterocycles. The lowest BCUT2D eigenvalue weighted by Gasteiger charge is -2.21. The number of hydrogen-bond donors (Lipinski definition) is 0. The van der Waals surface area contributed by atoms with Gasteiger partial charge in [0.25, 0.3) is 0 Å². The van der Waals surface area contributed by atoms with Crippen molar-refractivity contribution in [1.82, 2.24) is 0 Å². The zero-order valence-corrected chi connectivity index (χ0v) is 7.06. The highest BCUT2D eigenvalue weighted by Gasteiger charge is 2.20. The molecule has 2 heteroatoms.